The second-order valence-corrected chi connectivity index (χ2v) is 7.67. The Hall–Kier alpha value is -2.04. The number of benzene rings is 2. The molecule has 1 saturated heterocycles. The van der Waals surface area contributed by atoms with E-state index in [1.54, 1.807) is 0 Å². The fourth-order valence-electron chi connectivity index (χ4n) is 3.46. The van der Waals surface area contributed by atoms with Crippen LogP contribution in [-0.4, -0.2) is 49.6 Å². The Morgan fingerprint density at radius 2 is 1.81 bits per heavy atom. The summed E-state index contributed by atoms with van der Waals surface area (Å²) in [6, 6.07) is 18.6. The summed E-state index contributed by atoms with van der Waals surface area (Å²) in [5.41, 5.74) is 2.47. The van der Waals surface area contributed by atoms with Gasteiger partial charge in [-0.15, -0.1) is 0 Å². The number of amides is 1. The fourth-order valence-corrected chi connectivity index (χ4v) is 3.65. The Labute approximate surface area is 167 Å². The molecule has 1 heterocycles. The van der Waals surface area contributed by atoms with E-state index in [0.29, 0.717) is 6.54 Å². The van der Waals surface area contributed by atoms with E-state index in [1.165, 1.54) is 5.56 Å². The van der Waals surface area contributed by atoms with E-state index in [4.69, 9.17) is 11.6 Å². The summed E-state index contributed by atoms with van der Waals surface area (Å²) in [5.74, 6) is 0.117. The third-order valence-corrected chi connectivity index (χ3v) is 5.26. The van der Waals surface area contributed by atoms with E-state index in [1.807, 2.05) is 24.3 Å². The first-order valence-electron chi connectivity index (χ1n) is 9.66. The van der Waals surface area contributed by atoms with Gasteiger partial charge in [0.25, 0.3) is 0 Å². The van der Waals surface area contributed by atoms with Crippen LogP contribution in [0.3, 0.4) is 0 Å². The number of carbonyl (C=O) groups excluding carboxylic acids is 1. The zero-order valence-electron chi connectivity index (χ0n) is 15.9. The molecule has 1 aliphatic heterocycles. The van der Waals surface area contributed by atoms with E-state index in [0.717, 1.165) is 49.7 Å². The number of hydrogen-bond donors (Lipinski definition) is 1. The van der Waals surface area contributed by atoms with Gasteiger partial charge in [0.05, 0.1) is 6.54 Å². The van der Waals surface area contributed by atoms with Gasteiger partial charge in [0.15, 0.2) is 0 Å². The van der Waals surface area contributed by atoms with Crippen molar-refractivity contribution in [1.82, 2.24) is 10.2 Å². The largest absolute Gasteiger partial charge is 0.369 e. The lowest BCUT2D eigenvalue weighted by Gasteiger charge is -2.36. The van der Waals surface area contributed by atoms with Gasteiger partial charge in [-0.1, -0.05) is 48.0 Å². The zero-order valence-corrected chi connectivity index (χ0v) is 16.7. The molecule has 1 fully saturated rings. The summed E-state index contributed by atoms with van der Waals surface area (Å²) < 4.78 is 0. The van der Waals surface area contributed by atoms with Gasteiger partial charge in [-0.25, -0.2) is 0 Å². The second-order valence-electron chi connectivity index (χ2n) is 7.24. The average Bonchev–Trinajstić information content (AvgIpc) is 2.68. The van der Waals surface area contributed by atoms with Crippen LogP contribution in [0.1, 0.15) is 18.9 Å². The van der Waals surface area contributed by atoms with E-state index < -0.39 is 0 Å². The third kappa shape index (κ3) is 6.26. The van der Waals surface area contributed by atoms with Gasteiger partial charge in [0.1, 0.15) is 0 Å². The molecule has 2 aromatic rings. The zero-order chi connectivity index (χ0) is 19.1. The number of halogens is 1. The van der Waals surface area contributed by atoms with Gasteiger partial charge in [-0.3, -0.25) is 9.69 Å². The van der Waals surface area contributed by atoms with Gasteiger partial charge < -0.3 is 10.2 Å². The van der Waals surface area contributed by atoms with Gasteiger partial charge >= 0.3 is 0 Å². The SMILES string of the molecule is C[C@@H](CCc1ccccc1)NC(=O)CN1CCN(c2cccc(Cl)c2)CC1. The molecule has 0 saturated carbocycles. The molecule has 3 rings (SSSR count). The minimum absolute atomic E-state index is 0.117. The van der Waals surface area contributed by atoms with Crippen molar-refractivity contribution in [2.45, 2.75) is 25.8 Å². The van der Waals surface area contributed by atoms with Crippen LogP contribution in [0.15, 0.2) is 54.6 Å². The lowest BCUT2D eigenvalue weighted by molar-refractivity contribution is -0.122. The molecule has 0 spiro atoms. The smallest absolute Gasteiger partial charge is 0.234 e. The lowest BCUT2D eigenvalue weighted by Crippen LogP contribution is -2.50. The summed E-state index contributed by atoms with van der Waals surface area (Å²) in [4.78, 5) is 16.9. The molecule has 2 aromatic carbocycles. The van der Waals surface area contributed by atoms with Crippen molar-refractivity contribution >= 4 is 23.2 Å². The van der Waals surface area contributed by atoms with E-state index in [2.05, 4.69) is 52.4 Å². The Kier molecular flexibility index (Phi) is 7.13. The van der Waals surface area contributed by atoms with E-state index in [-0.39, 0.29) is 11.9 Å². The van der Waals surface area contributed by atoms with E-state index >= 15 is 0 Å². The van der Waals surface area contributed by atoms with Crippen LogP contribution in [-0.2, 0) is 11.2 Å². The number of anilines is 1. The number of rotatable bonds is 7. The number of carbonyl (C=O) groups is 1. The molecule has 0 aliphatic carbocycles. The monoisotopic (exact) mass is 385 g/mol. The molecular weight excluding hydrogens is 358 g/mol. The first-order chi connectivity index (χ1) is 13.1. The quantitative estimate of drug-likeness (QED) is 0.791. The van der Waals surface area contributed by atoms with Crippen LogP contribution in [0.4, 0.5) is 5.69 Å². The molecule has 1 aliphatic rings. The van der Waals surface area contributed by atoms with Gasteiger partial charge in [-0.05, 0) is 43.5 Å². The van der Waals surface area contributed by atoms with Crippen molar-refractivity contribution in [2.75, 3.05) is 37.6 Å². The van der Waals surface area contributed by atoms with Crippen LogP contribution in [0.2, 0.25) is 5.02 Å². The summed E-state index contributed by atoms with van der Waals surface area (Å²) in [6.45, 7) is 6.15. The number of hydrogen-bond acceptors (Lipinski definition) is 3. The molecule has 0 radical (unpaired) electrons. The highest BCUT2D eigenvalue weighted by molar-refractivity contribution is 6.30. The maximum atomic E-state index is 12.3. The first-order valence-corrected chi connectivity index (χ1v) is 10.0. The molecule has 1 atom stereocenters. The molecular formula is C22H28ClN3O. The molecule has 0 bridgehead atoms. The number of piperazine rings is 1. The molecule has 5 heteroatoms. The van der Waals surface area contributed by atoms with Gasteiger partial charge in [0.2, 0.25) is 5.91 Å². The third-order valence-electron chi connectivity index (χ3n) is 5.03. The molecule has 0 aromatic heterocycles. The van der Waals surface area contributed by atoms with Crippen LogP contribution < -0.4 is 10.2 Å². The Morgan fingerprint density at radius 3 is 2.52 bits per heavy atom. The van der Waals surface area contributed by atoms with Crippen molar-refractivity contribution < 1.29 is 4.79 Å². The predicted octanol–water partition coefficient (Wildman–Crippen LogP) is 3.60. The van der Waals surface area contributed by atoms with Crippen LogP contribution in [0.5, 0.6) is 0 Å². The molecule has 27 heavy (non-hydrogen) atoms. The Balaban J connectivity index is 1.37. The van der Waals surface area contributed by atoms with Gasteiger partial charge in [0, 0.05) is 42.9 Å². The second kappa shape index (κ2) is 9.77. The summed E-state index contributed by atoms with van der Waals surface area (Å²) in [7, 11) is 0. The highest BCUT2D eigenvalue weighted by atomic mass is 35.5. The summed E-state index contributed by atoms with van der Waals surface area (Å²) in [5, 5.41) is 3.90. The highest BCUT2D eigenvalue weighted by Gasteiger charge is 2.20. The normalized spacial score (nSPS) is 16.1. The maximum absolute atomic E-state index is 12.3. The van der Waals surface area contributed by atoms with Gasteiger partial charge in [-0.2, -0.15) is 0 Å². The summed E-state index contributed by atoms with van der Waals surface area (Å²) >= 11 is 6.08. The number of nitrogens with one attached hydrogen (secondary N) is 1. The Bertz CT molecular complexity index is 729. The van der Waals surface area contributed by atoms with Crippen molar-refractivity contribution in [3.8, 4) is 0 Å². The molecule has 144 valence electrons. The molecule has 4 nitrogen and oxygen atoms in total. The topological polar surface area (TPSA) is 35.6 Å². The van der Waals surface area contributed by atoms with Crippen LogP contribution in [0.25, 0.3) is 0 Å². The van der Waals surface area contributed by atoms with E-state index in [9.17, 15) is 4.79 Å². The maximum Gasteiger partial charge on any atom is 0.234 e. The van der Waals surface area contributed by atoms with Crippen LogP contribution in [0, 0.1) is 0 Å². The minimum Gasteiger partial charge on any atom is -0.369 e. The molecule has 0 unspecified atom stereocenters. The number of nitrogens with zero attached hydrogens (tertiary/aromatic N) is 2. The molecule has 1 amide bonds. The summed E-state index contributed by atoms with van der Waals surface area (Å²) in [6.07, 6.45) is 1.94. The Morgan fingerprint density at radius 1 is 1.07 bits per heavy atom. The highest BCUT2D eigenvalue weighted by Crippen LogP contribution is 2.20. The minimum atomic E-state index is 0.117. The average molecular weight is 386 g/mol. The van der Waals surface area contributed by atoms with Crippen molar-refractivity contribution in [1.29, 1.82) is 0 Å². The van der Waals surface area contributed by atoms with Crippen molar-refractivity contribution in [2.24, 2.45) is 0 Å². The predicted molar refractivity (Wildman–Crippen MR) is 112 cm³/mol. The lowest BCUT2D eigenvalue weighted by atomic mass is 10.1. The molecule has 1 N–H and O–H groups in total. The fraction of sp³-hybridized carbons (Fsp3) is 0.409. The van der Waals surface area contributed by atoms with Crippen LogP contribution >= 0.6 is 11.6 Å². The first kappa shape index (κ1) is 19.7. The number of aryl methyl sites for hydroxylation is 1. The van der Waals surface area contributed by atoms with Crippen molar-refractivity contribution in [3.63, 3.8) is 0 Å². The van der Waals surface area contributed by atoms with Crippen molar-refractivity contribution in [3.05, 3.63) is 65.2 Å². The standard InChI is InChI=1S/C22H28ClN3O/c1-18(10-11-19-6-3-2-4-7-19)24-22(27)17-25-12-14-26(15-13-25)21-9-5-8-20(23)16-21/h2-9,16,18H,10-15,17H2,1H3,(H,24,27)/t18-/m0/s1.